The normalized spacial score (nSPS) is 11.8. The fraction of sp³-hybridized carbons (Fsp3) is 0.966. The van der Waals surface area contributed by atoms with Gasteiger partial charge in [-0.25, -0.2) is 16.8 Å². The summed E-state index contributed by atoms with van der Waals surface area (Å²) >= 11 is 0. The third kappa shape index (κ3) is 147. The summed E-state index contributed by atoms with van der Waals surface area (Å²) in [6, 6.07) is 0. The Morgan fingerprint density at radius 2 is 0.925 bits per heavy atom. The number of carboxylic acids is 1. The molecule has 0 spiro atoms. The SMILES string of the molecule is CCCCOCC(O)CS(=O)(=O)O.CCCCS(=O)(=O)O.O=C([O-])CCC[O-].O=P([O-])(O)CCC[O-].O=S(=O)([O-])CC(O)COCCCC[O-].O=S(=O)([O-])CCCC[O-].[Na+].[Na+].[Na+].[Na+].[Na+].[Na+].[Na+].[Na+]. The van der Waals surface area contributed by atoms with E-state index in [1.165, 1.54) is 0 Å². The van der Waals surface area contributed by atoms with Crippen LogP contribution in [-0.2, 0) is 59.3 Å². The van der Waals surface area contributed by atoms with Crippen LogP contribution < -0.4 is 267 Å². The van der Waals surface area contributed by atoms with E-state index in [0.717, 1.165) is 19.3 Å². The number of rotatable bonds is 28. The van der Waals surface area contributed by atoms with Crippen molar-refractivity contribution in [2.75, 3.05) is 82.0 Å². The first-order chi connectivity index (χ1) is 26.9. The molecular formula is C29H61Na8O25PS4. The second kappa shape index (κ2) is 72.9. The van der Waals surface area contributed by atoms with Gasteiger partial charge in [-0.3, -0.25) is 9.11 Å². The van der Waals surface area contributed by atoms with Crippen LogP contribution in [-0.4, -0.2) is 167 Å². The van der Waals surface area contributed by atoms with Gasteiger partial charge in [0.15, 0.2) is 0 Å². The minimum atomic E-state index is -4.40. The van der Waals surface area contributed by atoms with E-state index in [9.17, 15) is 82.6 Å². The number of carboxylic acid groups (broad SMARTS) is 1. The van der Waals surface area contributed by atoms with Gasteiger partial charge in [0, 0.05) is 31.1 Å². The number of carbonyl (C=O) groups excluding carboxylic acids is 1. The molecule has 0 aromatic carbocycles. The Balaban J connectivity index is -0.0000000416. The summed E-state index contributed by atoms with van der Waals surface area (Å²) in [7, 11) is -20.4. The summed E-state index contributed by atoms with van der Waals surface area (Å²) in [6.45, 7) is 3.14. The van der Waals surface area contributed by atoms with E-state index in [4.69, 9.17) is 33.7 Å². The van der Waals surface area contributed by atoms with E-state index in [2.05, 4.69) is 0 Å². The summed E-state index contributed by atoms with van der Waals surface area (Å²) in [5.41, 5.74) is 0. The molecular weight excluding hydrogens is 1090 g/mol. The zero-order chi connectivity index (χ0) is 47.6. The molecule has 0 saturated carbocycles. The van der Waals surface area contributed by atoms with Gasteiger partial charge in [0.25, 0.3) is 20.2 Å². The molecule has 38 heteroatoms. The molecule has 5 N–H and O–H groups in total. The van der Waals surface area contributed by atoms with E-state index < -0.39 is 96.3 Å². The molecule has 0 aliphatic heterocycles. The maximum Gasteiger partial charge on any atom is 1.00 e. The number of unbranched alkanes of at least 4 members (excludes halogenated alkanes) is 4. The van der Waals surface area contributed by atoms with Gasteiger partial charge in [0.05, 0.1) is 57.2 Å². The molecule has 67 heavy (non-hydrogen) atoms. The maximum atomic E-state index is 10.3. The van der Waals surface area contributed by atoms with Crippen LogP contribution in [0.1, 0.15) is 84.5 Å². The molecule has 0 aromatic rings. The van der Waals surface area contributed by atoms with Gasteiger partial charge in [-0.1, -0.05) is 52.4 Å². The number of hydrogen-bond acceptors (Lipinski definition) is 22. The van der Waals surface area contributed by atoms with Gasteiger partial charge < -0.3 is 73.5 Å². The summed E-state index contributed by atoms with van der Waals surface area (Å²) < 4.78 is 137. The molecule has 0 aliphatic carbocycles. The smallest absolute Gasteiger partial charge is 0.854 e. The Kier molecular flexibility index (Phi) is 119. The summed E-state index contributed by atoms with van der Waals surface area (Å²) in [5.74, 6) is -3.16. The molecule has 3 unspecified atom stereocenters. The number of aliphatic hydroxyl groups is 2. The van der Waals surface area contributed by atoms with Crippen molar-refractivity contribution in [3.05, 3.63) is 0 Å². The number of aliphatic hydroxyl groups excluding tert-OH is 2. The molecule has 0 radical (unpaired) electrons. The van der Waals surface area contributed by atoms with Gasteiger partial charge in [-0.15, -0.1) is 26.4 Å². The standard InChI is InChI=1S/C7H15O6S.C7H16O5S.C4H9O4S.C4H10O3S.C4H7O3.C3H8O4P.8Na/c8-3-1-2-4-13-5-7(9)6-14(10,11)12;1-2-3-4-12-5-7(8)6-13(9,10)11;5-3-1-2-4-9(6,7)8;1-2-3-4-8(5,6)7;5-3-1-2-4(6)7;4-2-1-3-8(5,6)7;;;;;;;;/h7,9H,1-6H2,(H,10,11,12);7-8H,2-6H2,1H3,(H,9,10,11);1-4H2,(H,6,7,8);2-4H2,1H3,(H,5,6,7);1-3H2,(H,6,7);1-3H2,(H2,5,6,7);;;;;;;;/q-1;;-1;;2*-1;8*+1/p-4. The van der Waals surface area contributed by atoms with Crippen molar-refractivity contribution in [2.45, 2.75) is 96.7 Å². The Morgan fingerprint density at radius 3 is 1.18 bits per heavy atom. The van der Waals surface area contributed by atoms with Crippen molar-refractivity contribution in [1.29, 1.82) is 0 Å². The van der Waals surface area contributed by atoms with Crippen molar-refractivity contribution in [1.82, 2.24) is 0 Å². The number of ether oxygens (including phenoxy) is 2. The van der Waals surface area contributed by atoms with Crippen LogP contribution in [0.3, 0.4) is 0 Å². The first-order valence-electron chi connectivity index (χ1n) is 17.7. The molecule has 0 bridgehead atoms. The van der Waals surface area contributed by atoms with Gasteiger partial charge in [0.2, 0.25) is 0 Å². The summed E-state index contributed by atoms with van der Waals surface area (Å²) in [4.78, 5) is 27.4. The van der Waals surface area contributed by atoms with Gasteiger partial charge in [-0.2, -0.15) is 16.8 Å². The zero-order valence-corrected chi connectivity index (χ0v) is 61.3. The monoisotopic (exact) mass is 1150 g/mol. The molecule has 0 amide bonds. The second-order valence-electron chi connectivity index (χ2n) is 11.6. The summed E-state index contributed by atoms with van der Waals surface area (Å²) in [5, 5.41) is 66.4. The average molecular weight is 1150 g/mol. The van der Waals surface area contributed by atoms with Crippen LogP contribution >= 0.6 is 7.60 Å². The predicted molar refractivity (Wildman–Crippen MR) is 197 cm³/mol. The van der Waals surface area contributed by atoms with Crippen molar-refractivity contribution in [3.63, 3.8) is 0 Å². The van der Waals surface area contributed by atoms with E-state index in [0.29, 0.717) is 25.9 Å². The van der Waals surface area contributed by atoms with Crippen molar-refractivity contribution >= 4 is 54.0 Å². The van der Waals surface area contributed by atoms with Crippen molar-refractivity contribution in [2.24, 2.45) is 0 Å². The van der Waals surface area contributed by atoms with E-state index in [1.807, 2.05) is 13.8 Å². The predicted octanol–water partition coefficient (Wildman–Crippen LogP) is -30.4. The Morgan fingerprint density at radius 1 is 0.552 bits per heavy atom. The van der Waals surface area contributed by atoms with Crippen LogP contribution in [0.15, 0.2) is 0 Å². The number of carbonyl (C=O) groups is 1. The molecule has 364 valence electrons. The van der Waals surface area contributed by atoms with Crippen LogP contribution in [0.4, 0.5) is 0 Å². The third-order valence-corrected chi connectivity index (χ3v) is 9.47. The van der Waals surface area contributed by atoms with E-state index in [-0.39, 0.29) is 314 Å². The van der Waals surface area contributed by atoms with Crippen molar-refractivity contribution < 1.29 is 353 Å². The fourth-order valence-electron chi connectivity index (χ4n) is 2.75. The number of hydrogen-bond donors (Lipinski definition) is 5. The van der Waals surface area contributed by atoms with E-state index >= 15 is 0 Å². The molecule has 0 rings (SSSR count). The molecule has 0 fully saturated rings. The molecule has 0 aliphatic rings. The first-order valence-corrected chi connectivity index (χ1v) is 25.8. The Labute approximate surface area is 575 Å². The Hall–Kier alpha value is 6.94. The third-order valence-electron chi connectivity index (χ3n) is 5.40. The molecule has 3 atom stereocenters. The first kappa shape index (κ1) is 109. The van der Waals surface area contributed by atoms with Crippen LogP contribution in [0, 0.1) is 0 Å². The van der Waals surface area contributed by atoms with Crippen LogP contribution in [0.2, 0.25) is 0 Å². The minimum absolute atomic E-state index is 0. The van der Waals surface area contributed by atoms with Crippen LogP contribution in [0.5, 0.6) is 0 Å². The van der Waals surface area contributed by atoms with E-state index in [1.54, 1.807) is 0 Å². The molecule has 0 heterocycles. The largest absolute Gasteiger partial charge is 1.00 e. The minimum Gasteiger partial charge on any atom is -0.854 e. The molecule has 0 aromatic heterocycles. The quantitative estimate of drug-likeness (QED) is 0.0210. The van der Waals surface area contributed by atoms with Crippen LogP contribution in [0.25, 0.3) is 0 Å². The molecule has 25 nitrogen and oxygen atoms in total. The maximum absolute atomic E-state index is 10.3. The van der Waals surface area contributed by atoms with Gasteiger partial charge in [0.1, 0.15) is 13.3 Å². The Bertz CT molecular complexity index is 1460. The summed E-state index contributed by atoms with van der Waals surface area (Å²) in [6.07, 6.45) is 1.94. The topological polar surface area (TPSA) is 475 Å². The zero-order valence-electron chi connectivity index (χ0n) is 41.1. The van der Waals surface area contributed by atoms with Gasteiger partial charge >= 0.3 is 236 Å². The van der Waals surface area contributed by atoms with Crippen molar-refractivity contribution in [3.8, 4) is 0 Å². The average Bonchev–Trinajstić information content (AvgIpc) is 3.06. The van der Waals surface area contributed by atoms with Gasteiger partial charge in [-0.05, 0) is 32.1 Å². The molecule has 0 saturated heterocycles. The fourth-order valence-corrected chi connectivity index (χ4v) is 5.64. The number of aliphatic carboxylic acids is 1. The second-order valence-corrected chi connectivity index (χ2v) is 19.4.